The highest BCUT2D eigenvalue weighted by Gasteiger charge is 2.13. The second-order valence-electron chi connectivity index (χ2n) is 7.30. The molecule has 4 aromatic rings. The van der Waals surface area contributed by atoms with E-state index in [0.717, 1.165) is 26.6 Å². The number of aromatic nitrogens is 3. The largest absolute Gasteiger partial charge is 0.302 e. The standard InChI is InChI=1S/C22H22N4O2S2/c1-13-4-6-16(7-5-13)10-17-11-23-22(30-17)25-18(27)8-9-26-12-24-20-19(21(26)28)14(2)15(3)29-20/h4-7,11-12H,8-10H2,1-3H3,(H,23,25,27). The Hall–Kier alpha value is -2.84. The van der Waals surface area contributed by atoms with Gasteiger partial charge >= 0.3 is 0 Å². The number of amides is 1. The van der Waals surface area contributed by atoms with Crippen molar-refractivity contribution in [2.45, 2.75) is 40.2 Å². The van der Waals surface area contributed by atoms with Gasteiger partial charge in [-0.1, -0.05) is 29.8 Å². The highest BCUT2D eigenvalue weighted by Crippen LogP contribution is 2.25. The van der Waals surface area contributed by atoms with E-state index < -0.39 is 0 Å². The van der Waals surface area contributed by atoms with E-state index >= 15 is 0 Å². The average molecular weight is 439 g/mol. The van der Waals surface area contributed by atoms with Crippen molar-refractivity contribution in [3.63, 3.8) is 0 Å². The monoisotopic (exact) mass is 438 g/mol. The first-order valence-corrected chi connectivity index (χ1v) is 11.3. The Bertz CT molecular complexity index is 1270. The zero-order valence-electron chi connectivity index (χ0n) is 17.1. The predicted octanol–water partition coefficient (Wildman–Crippen LogP) is 4.46. The molecule has 8 heteroatoms. The highest BCUT2D eigenvalue weighted by molar-refractivity contribution is 7.18. The first kappa shape index (κ1) is 20.4. The van der Waals surface area contributed by atoms with Gasteiger partial charge in [0, 0.05) is 35.3 Å². The number of aryl methyl sites for hydroxylation is 4. The lowest BCUT2D eigenvalue weighted by atomic mass is 10.1. The van der Waals surface area contributed by atoms with Gasteiger partial charge < -0.3 is 5.32 Å². The molecule has 0 saturated carbocycles. The SMILES string of the molecule is Cc1ccc(Cc2cnc(NC(=O)CCn3cnc4sc(C)c(C)c4c3=O)s2)cc1. The molecule has 1 amide bonds. The van der Waals surface area contributed by atoms with Crippen molar-refractivity contribution >= 4 is 43.9 Å². The Morgan fingerprint density at radius 1 is 1.10 bits per heavy atom. The lowest BCUT2D eigenvalue weighted by Crippen LogP contribution is -2.23. The third-order valence-electron chi connectivity index (χ3n) is 5.03. The van der Waals surface area contributed by atoms with Gasteiger partial charge in [0.15, 0.2) is 5.13 Å². The molecule has 0 spiro atoms. The molecule has 154 valence electrons. The van der Waals surface area contributed by atoms with Crippen LogP contribution in [0.5, 0.6) is 0 Å². The van der Waals surface area contributed by atoms with E-state index in [9.17, 15) is 9.59 Å². The van der Waals surface area contributed by atoms with Crippen molar-refractivity contribution in [1.29, 1.82) is 0 Å². The number of thiazole rings is 1. The fraction of sp³-hybridized carbons (Fsp3) is 0.273. The first-order valence-electron chi connectivity index (χ1n) is 9.66. The molecule has 0 unspecified atom stereocenters. The van der Waals surface area contributed by atoms with E-state index in [-0.39, 0.29) is 24.4 Å². The molecule has 0 atom stereocenters. The van der Waals surface area contributed by atoms with Crippen LogP contribution in [-0.4, -0.2) is 20.4 Å². The van der Waals surface area contributed by atoms with E-state index in [0.29, 0.717) is 10.5 Å². The number of fused-ring (bicyclic) bond motifs is 1. The molecule has 4 rings (SSSR count). The fourth-order valence-corrected chi connectivity index (χ4v) is 5.04. The van der Waals surface area contributed by atoms with Crippen LogP contribution in [0.1, 0.15) is 32.9 Å². The second kappa shape index (κ2) is 8.49. The van der Waals surface area contributed by atoms with Crippen molar-refractivity contribution < 1.29 is 4.79 Å². The Labute approximate surface area is 182 Å². The molecule has 0 aliphatic carbocycles. The van der Waals surface area contributed by atoms with Crippen LogP contribution in [0.2, 0.25) is 0 Å². The maximum Gasteiger partial charge on any atom is 0.262 e. The third-order valence-corrected chi connectivity index (χ3v) is 7.06. The lowest BCUT2D eigenvalue weighted by molar-refractivity contribution is -0.116. The zero-order chi connectivity index (χ0) is 21.3. The number of thiophene rings is 1. The number of nitrogens with one attached hydrogen (secondary N) is 1. The Balaban J connectivity index is 1.37. The summed E-state index contributed by atoms with van der Waals surface area (Å²) in [6.45, 7) is 6.27. The van der Waals surface area contributed by atoms with Gasteiger partial charge in [-0.2, -0.15) is 0 Å². The van der Waals surface area contributed by atoms with Gasteiger partial charge in [-0.25, -0.2) is 9.97 Å². The van der Waals surface area contributed by atoms with Crippen molar-refractivity contribution in [3.8, 4) is 0 Å². The molecule has 3 heterocycles. The molecule has 3 aromatic heterocycles. The molecule has 0 fully saturated rings. The molecule has 30 heavy (non-hydrogen) atoms. The van der Waals surface area contributed by atoms with Gasteiger partial charge in [0.25, 0.3) is 5.56 Å². The van der Waals surface area contributed by atoms with E-state index in [4.69, 9.17) is 0 Å². The smallest absolute Gasteiger partial charge is 0.262 e. The van der Waals surface area contributed by atoms with Crippen LogP contribution >= 0.6 is 22.7 Å². The normalized spacial score (nSPS) is 11.2. The molecule has 0 radical (unpaired) electrons. The summed E-state index contributed by atoms with van der Waals surface area (Å²) in [6.07, 6.45) is 4.29. The zero-order valence-corrected chi connectivity index (χ0v) is 18.7. The molecule has 6 nitrogen and oxygen atoms in total. The van der Waals surface area contributed by atoms with Gasteiger partial charge in [-0.3, -0.25) is 14.2 Å². The van der Waals surface area contributed by atoms with Crippen LogP contribution in [0.25, 0.3) is 10.2 Å². The van der Waals surface area contributed by atoms with Crippen LogP contribution in [0, 0.1) is 20.8 Å². The van der Waals surface area contributed by atoms with E-state index in [1.165, 1.54) is 44.7 Å². The minimum absolute atomic E-state index is 0.0933. The van der Waals surface area contributed by atoms with Crippen LogP contribution < -0.4 is 10.9 Å². The lowest BCUT2D eigenvalue weighted by Gasteiger charge is -2.05. The molecule has 0 bridgehead atoms. The summed E-state index contributed by atoms with van der Waals surface area (Å²) in [7, 11) is 0. The number of hydrogen-bond acceptors (Lipinski definition) is 6. The molecular formula is C22H22N4O2S2. The minimum atomic E-state index is -0.170. The molecule has 0 aliphatic rings. The van der Waals surface area contributed by atoms with Gasteiger partial charge in [0.2, 0.25) is 5.91 Å². The summed E-state index contributed by atoms with van der Waals surface area (Å²) in [5.41, 5.74) is 3.32. The van der Waals surface area contributed by atoms with Crippen molar-refractivity contribution in [2.24, 2.45) is 0 Å². The second-order valence-corrected chi connectivity index (χ2v) is 9.62. The van der Waals surface area contributed by atoms with Gasteiger partial charge in [0.05, 0.1) is 11.7 Å². The van der Waals surface area contributed by atoms with E-state index in [2.05, 4.69) is 46.5 Å². The summed E-state index contributed by atoms with van der Waals surface area (Å²) in [5, 5.41) is 4.06. The fourth-order valence-electron chi connectivity index (χ4n) is 3.19. The summed E-state index contributed by atoms with van der Waals surface area (Å²) in [5.74, 6) is -0.170. The molecular weight excluding hydrogens is 416 g/mol. The summed E-state index contributed by atoms with van der Waals surface area (Å²) >= 11 is 2.99. The van der Waals surface area contributed by atoms with Gasteiger partial charge in [-0.15, -0.1) is 22.7 Å². The van der Waals surface area contributed by atoms with Gasteiger partial charge in [0.1, 0.15) is 4.83 Å². The topological polar surface area (TPSA) is 76.9 Å². The number of benzene rings is 1. The number of hydrogen-bond donors (Lipinski definition) is 1. The van der Waals surface area contributed by atoms with E-state index in [1.807, 2.05) is 13.8 Å². The van der Waals surface area contributed by atoms with Crippen LogP contribution in [0.15, 0.2) is 41.6 Å². The highest BCUT2D eigenvalue weighted by atomic mass is 32.1. The number of carbonyl (C=O) groups is 1. The van der Waals surface area contributed by atoms with Crippen LogP contribution in [0.4, 0.5) is 5.13 Å². The maximum atomic E-state index is 12.7. The summed E-state index contributed by atoms with van der Waals surface area (Å²) in [4.78, 5) is 36.7. The number of carbonyl (C=O) groups excluding carboxylic acids is 1. The molecule has 1 N–H and O–H groups in total. The Morgan fingerprint density at radius 3 is 2.63 bits per heavy atom. The van der Waals surface area contributed by atoms with Crippen LogP contribution in [0.3, 0.4) is 0 Å². The summed E-state index contributed by atoms with van der Waals surface area (Å²) < 4.78 is 1.51. The van der Waals surface area contributed by atoms with Crippen LogP contribution in [-0.2, 0) is 17.8 Å². The number of anilines is 1. The van der Waals surface area contributed by atoms with Crippen molar-refractivity contribution in [3.05, 3.63) is 73.6 Å². The Kier molecular flexibility index (Phi) is 5.78. The first-order chi connectivity index (χ1) is 14.4. The number of rotatable bonds is 6. The van der Waals surface area contributed by atoms with Gasteiger partial charge in [-0.05, 0) is 31.9 Å². The predicted molar refractivity (Wildman–Crippen MR) is 123 cm³/mol. The molecule has 0 aliphatic heterocycles. The molecule has 1 aromatic carbocycles. The average Bonchev–Trinajstić information content (AvgIpc) is 3.27. The number of nitrogens with zero attached hydrogens (tertiary/aromatic N) is 3. The maximum absolute atomic E-state index is 12.7. The summed E-state index contributed by atoms with van der Waals surface area (Å²) in [6, 6.07) is 8.39. The van der Waals surface area contributed by atoms with Crippen molar-refractivity contribution in [1.82, 2.24) is 14.5 Å². The Morgan fingerprint density at radius 2 is 1.87 bits per heavy atom. The minimum Gasteiger partial charge on any atom is -0.302 e. The van der Waals surface area contributed by atoms with E-state index in [1.54, 1.807) is 6.20 Å². The quantitative estimate of drug-likeness (QED) is 0.482. The third kappa shape index (κ3) is 4.34. The van der Waals surface area contributed by atoms with Crippen molar-refractivity contribution in [2.75, 3.05) is 5.32 Å². The molecule has 0 saturated heterocycles.